The summed E-state index contributed by atoms with van der Waals surface area (Å²) >= 11 is 1.40. The molecule has 2 aliphatic rings. The number of hydrogen-bond acceptors (Lipinski definition) is 7. The van der Waals surface area contributed by atoms with E-state index in [-0.39, 0.29) is 5.70 Å². The van der Waals surface area contributed by atoms with Crippen LogP contribution in [0.5, 0.6) is 17.2 Å². The third kappa shape index (κ3) is 3.30. The van der Waals surface area contributed by atoms with Gasteiger partial charge in [-0.25, -0.2) is 4.90 Å². The lowest BCUT2D eigenvalue weighted by atomic mass is 10.1. The highest BCUT2D eigenvalue weighted by Gasteiger charge is 2.41. The summed E-state index contributed by atoms with van der Waals surface area (Å²) in [5.41, 5.74) is 1.54. The number of thiophene rings is 1. The minimum Gasteiger partial charge on any atom is -0.495 e. The van der Waals surface area contributed by atoms with E-state index in [4.69, 9.17) is 14.2 Å². The smallest absolute Gasteiger partial charge is 0.282 e. The number of nitrogens with zero attached hydrogens (tertiary/aromatic N) is 1. The molecule has 2 aliphatic heterocycles. The minimum atomic E-state index is -0.451. The van der Waals surface area contributed by atoms with Crippen LogP contribution in [-0.2, 0) is 9.59 Å². The van der Waals surface area contributed by atoms with Crippen LogP contribution in [0.4, 0.5) is 11.4 Å². The average molecular weight is 434 g/mol. The molecule has 0 saturated heterocycles. The van der Waals surface area contributed by atoms with Crippen molar-refractivity contribution in [2.45, 2.75) is 0 Å². The highest BCUT2D eigenvalue weighted by molar-refractivity contribution is 7.11. The molecule has 0 saturated carbocycles. The highest BCUT2D eigenvalue weighted by atomic mass is 32.1. The van der Waals surface area contributed by atoms with Crippen LogP contribution in [-0.4, -0.2) is 32.1 Å². The number of carbonyl (C=O) groups is 2. The Labute approximate surface area is 182 Å². The fourth-order valence-corrected chi connectivity index (χ4v) is 4.36. The Morgan fingerprint density at radius 1 is 0.968 bits per heavy atom. The van der Waals surface area contributed by atoms with Gasteiger partial charge in [0.25, 0.3) is 11.8 Å². The van der Waals surface area contributed by atoms with Gasteiger partial charge in [-0.2, -0.15) is 0 Å². The number of amides is 2. The van der Waals surface area contributed by atoms with E-state index in [1.54, 1.807) is 42.5 Å². The fourth-order valence-electron chi connectivity index (χ4n) is 3.59. The first-order valence-electron chi connectivity index (χ1n) is 9.64. The third-order valence-corrected chi connectivity index (χ3v) is 5.88. The molecule has 8 heteroatoms. The predicted octanol–water partition coefficient (Wildman–Crippen LogP) is 3.92. The lowest BCUT2D eigenvalue weighted by Gasteiger charge is -2.20. The van der Waals surface area contributed by atoms with Crippen molar-refractivity contribution >= 4 is 40.1 Å². The van der Waals surface area contributed by atoms with E-state index in [2.05, 4.69) is 5.32 Å². The van der Waals surface area contributed by atoms with Crippen LogP contribution < -0.4 is 24.4 Å². The maximum absolute atomic E-state index is 13.5. The molecule has 0 aliphatic carbocycles. The maximum Gasteiger partial charge on any atom is 0.282 e. The molecule has 156 valence electrons. The van der Waals surface area contributed by atoms with E-state index in [0.29, 0.717) is 52.3 Å². The van der Waals surface area contributed by atoms with Gasteiger partial charge in [0.05, 0.1) is 18.4 Å². The van der Waals surface area contributed by atoms with Crippen molar-refractivity contribution in [3.63, 3.8) is 0 Å². The Morgan fingerprint density at radius 2 is 1.77 bits per heavy atom. The molecule has 7 nitrogen and oxygen atoms in total. The van der Waals surface area contributed by atoms with Gasteiger partial charge >= 0.3 is 0 Å². The zero-order chi connectivity index (χ0) is 21.4. The Hall–Kier alpha value is -3.78. The van der Waals surface area contributed by atoms with Crippen molar-refractivity contribution in [2.24, 2.45) is 0 Å². The molecule has 0 spiro atoms. The summed E-state index contributed by atoms with van der Waals surface area (Å²) in [5.74, 6) is 0.821. The summed E-state index contributed by atoms with van der Waals surface area (Å²) in [4.78, 5) is 28.7. The SMILES string of the molecule is COc1ccccc1N1C(=O)C(Nc2ccc3c(c2)OCCO3)=C(c2cccs2)C1=O. The quantitative estimate of drug-likeness (QED) is 0.614. The first-order chi connectivity index (χ1) is 15.2. The summed E-state index contributed by atoms with van der Waals surface area (Å²) in [6.07, 6.45) is 0. The largest absolute Gasteiger partial charge is 0.495 e. The van der Waals surface area contributed by atoms with E-state index in [9.17, 15) is 9.59 Å². The second-order valence-corrected chi connectivity index (χ2v) is 7.78. The van der Waals surface area contributed by atoms with E-state index >= 15 is 0 Å². The number of para-hydroxylation sites is 2. The average Bonchev–Trinajstić information content (AvgIpc) is 3.40. The van der Waals surface area contributed by atoms with Crippen molar-refractivity contribution in [3.05, 3.63) is 70.6 Å². The number of carbonyl (C=O) groups excluding carboxylic acids is 2. The number of nitrogens with one attached hydrogen (secondary N) is 1. The van der Waals surface area contributed by atoms with Gasteiger partial charge in [-0.05, 0) is 35.7 Å². The molecule has 0 fully saturated rings. The topological polar surface area (TPSA) is 77.1 Å². The number of ether oxygens (including phenoxy) is 3. The monoisotopic (exact) mass is 434 g/mol. The molecule has 0 radical (unpaired) electrons. The lowest BCUT2D eigenvalue weighted by molar-refractivity contribution is -0.120. The van der Waals surface area contributed by atoms with Gasteiger partial charge in [-0.3, -0.25) is 9.59 Å². The molecular weight excluding hydrogens is 416 g/mol. The normalized spacial score (nSPS) is 15.5. The van der Waals surface area contributed by atoms with E-state index in [1.807, 2.05) is 17.5 Å². The lowest BCUT2D eigenvalue weighted by Crippen LogP contribution is -2.32. The Morgan fingerprint density at radius 3 is 2.55 bits per heavy atom. The van der Waals surface area contributed by atoms with Gasteiger partial charge in [0.2, 0.25) is 0 Å². The number of benzene rings is 2. The van der Waals surface area contributed by atoms with Crippen molar-refractivity contribution in [3.8, 4) is 17.2 Å². The number of fused-ring (bicyclic) bond motifs is 1. The van der Waals surface area contributed by atoms with Crippen LogP contribution in [0.3, 0.4) is 0 Å². The minimum absolute atomic E-state index is 0.204. The fraction of sp³-hybridized carbons (Fsp3) is 0.130. The van der Waals surface area contributed by atoms with E-state index in [0.717, 1.165) is 4.90 Å². The van der Waals surface area contributed by atoms with Crippen LogP contribution in [0.2, 0.25) is 0 Å². The van der Waals surface area contributed by atoms with Gasteiger partial charge < -0.3 is 19.5 Å². The number of methoxy groups -OCH3 is 1. The van der Waals surface area contributed by atoms with Crippen LogP contribution in [0.1, 0.15) is 4.88 Å². The summed E-state index contributed by atoms with van der Waals surface area (Å²) < 4.78 is 16.6. The number of anilines is 2. The van der Waals surface area contributed by atoms with Crippen LogP contribution in [0.25, 0.3) is 5.57 Å². The Bertz CT molecular complexity index is 1200. The maximum atomic E-state index is 13.5. The zero-order valence-electron chi connectivity index (χ0n) is 16.6. The molecule has 31 heavy (non-hydrogen) atoms. The molecule has 2 amide bonds. The number of hydrogen-bond donors (Lipinski definition) is 1. The van der Waals surface area contributed by atoms with Crippen LogP contribution in [0.15, 0.2) is 65.7 Å². The first kappa shape index (κ1) is 19.2. The van der Waals surface area contributed by atoms with Crippen molar-refractivity contribution in [2.75, 3.05) is 30.5 Å². The molecule has 3 heterocycles. The first-order valence-corrected chi connectivity index (χ1v) is 10.5. The second-order valence-electron chi connectivity index (χ2n) is 6.83. The molecule has 0 bridgehead atoms. The molecule has 2 aromatic carbocycles. The number of imide groups is 1. The van der Waals surface area contributed by atoms with Gasteiger partial charge in [0.15, 0.2) is 11.5 Å². The summed E-state index contributed by atoms with van der Waals surface area (Å²) in [5, 5.41) is 5.01. The van der Waals surface area contributed by atoms with Crippen LogP contribution in [0, 0.1) is 0 Å². The standard InChI is InChI=1S/C23H18N2O5S/c1-28-16-6-3-2-5-15(16)25-22(26)20(19-7-4-12-31-19)21(23(25)27)24-14-8-9-17-18(13-14)30-11-10-29-17/h2-9,12-13,24H,10-11H2,1H3. The van der Waals surface area contributed by atoms with Crippen LogP contribution >= 0.6 is 11.3 Å². The van der Waals surface area contributed by atoms with Crippen molar-refractivity contribution in [1.82, 2.24) is 0 Å². The van der Waals surface area contributed by atoms with Gasteiger partial charge in [0, 0.05) is 16.6 Å². The van der Waals surface area contributed by atoms with E-state index in [1.165, 1.54) is 18.4 Å². The van der Waals surface area contributed by atoms with Crippen molar-refractivity contribution in [1.29, 1.82) is 0 Å². The third-order valence-electron chi connectivity index (χ3n) is 4.99. The number of rotatable bonds is 5. The molecule has 5 rings (SSSR count). The van der Waals surface area contributed by atoms with Gasteiger partial charge in [-0.1, -0.05) is 18.2 Å². The molecule has 0 atom stereocenters. The second kappa shape index (κ2) is 7.81. The van der Waals surface area contributed by atoms with Crippen molar-refractivity contribution < 1.29 is 23.8 Å². The molecular formula is C23H18N2O5S. The van der Waals surface area contributed by atoms with E-state index < -0.39 is 11.8 Å². The van der Waals surface area contributed by atoms with Gasteiger partial charge in [0.1, 0.15) is 24.7 Å². The Balaban J connectivity index is 1.57. The summed E-state index contributed by atoms with van der Waals surface area (Å²) in [6.45, 7) is 0.951. The summed E-state index contributed by atoms with van der Waals surface area (Å²) in [7, 11) is 1.51. The zero-order valence-corrected chi connectivity index (χ0v) is 17.4. The highest BCUT2D eigenvalue weighted by Crippen LogP contribution is 2.40. The molecule has 0 unspecified atom stereocenters. The van der Waals surface area contributed by atoms with Gasteiger partial charge in [-0.15, -0.1) is 11.3 Å². The summed E-state index contributed by atoms with van der Waals surface area (Å²) in [6, 6.07) is 15.9. The molecule has 3 aromatic rings. The Kier molecular flexibility index (Phi) is 4.83. The molecule has 1 N–H and O–H groups in total. The molecule has 1 aromatic heterocycles. The predicted molar refractivity (Wildman–Crippen MR) is 118 cm³/mol.